The Morgan fingerprint density at radius 2 is 1.88 bits per heavy atom. The summed E-state index contributed by atoms with van der Waals surface area (Å²) in [5.41, 5.74) is -0.335. The molecule has 17 heavy (non-hydrogen) atoms. The Bertz CT molecular complexity index is 222. The first-order valence-corrected chi connectivity index (χ1v) is 6.29. The Morgan fingerprint density at radius 3 is 2.35 bits per heavy atom. The van der Waals surface area contributed by atoms with Crippen molar-refractivity contribution in [1.29, 1.82) is 0 Å². The zero-order valence-corrected chi connectivity index (χ0v) is 10.3. The second kappa shape index (κ2) is 6.05. The van der Waals surface area contributed by atoms with Crippen LogP contribution in [-0.2, 0) is 0 Å². The summed E-state index contributed by atoms with van der Waals surface area (Å²) in [6.07, 6.45) is -0.957. The molecule has 0 aliphatic heterocycles. The van der Waals surface area contributed by atoms with Gasteiger partial charge in [-0.05, 0) is 44.6 Å². The van der Waals surface area contributed by atoms with Crippen LogP contribution in [0.5, 0.6) is 0 Å². The molecule has 1 fully saturated rings. The van der Waals surface area contributed by atoms with E-state index in [0.29, 0.717) is 12.5 Å². The van der Waals surface area contributed by atoms with Crippen LogP contribution in [0.1, 0.15) is 45.4 Å². The van der Waals surface area contributed by atoms with E-state index in [9.17, 15) is 18.3 Å². The van der Waals surface area contributed by atoms with Crippen molar-refractivity contribution in [1.82, 2.24) is 5.32 Å². The topological polar surface area (TPSA) is 32.3 Å². The lowest BCUT2D eigenvalue weighted by Crippen LogP contribution is -2.51. The predicted molar refractivity (Wildman–Crippen MR) is 60.7 cm³/mol. The van der Waals surface area contributed by atoms with E-state index in [4.69, 9.17) is 0 Å². The number of aliphatic hydroxyl groups is 1. The lowest BCUT2D eigenvalue weighted by Gasteiger charge is -2.39. The van der Waals surface area contributed by atoms with Crippen LogP contribution in [0.4, 0.5) is 13.2 Å². The molecular formula is C12H22F3NO. The van der Waals surface area contributed by atoms with E-state index in [0.717, 1.165) is 25.7 Å². The average Bonchev–Trinajstić information content (AvgIpc) is 2.26. The maximum absolute atomic E-state index is 12.0. The first-order valence-electron chi connectivity index (χ1n) is 6.29. The molecule has 0 heterocycles. The SMILES string of the molecule is CC1CCC(CO)(NCCCC(F)(F)F)CC1. The van der Waals surface area contributed by atoms with Gasteiger partial charge in [0.25, 0.3) is 0 Å². The van der Waals surface area contributed by atoms with E-state index in [2.05, 4.69) is 12.2 Å². The minimum atomic E-state index is -4.07. The highest BCUT2D eigenvalue weighted by molar-refractivity contribution is 4.91. The second-order valence-corrected chi connectivity index (χ2v) is 5.27. The van der Waals surface area contributed by atoms with E-state index in [-0.39, 0.29) is 18.6 Å². The molecule has 0 amide bonds. The number of halogens is 3. The Kier molecular flexibility index (Phi) is 5.25. The fourth-order valence-corrected chi connectivity index (χ4v) is 2.35. The van der Waals surface area contributed by atoms with Gasteiger partial charge in [0, 0.05) is 12.0 Å². The van der Waals surface area contributed by atoms with E-state index < -0.39 is 12.6 Å². The molecule has 2 nitrogen and oxygen atoms in total. The summed E-state index contributed by atoms with van der Waals surface area (Å²) >= 11 is 0. The zero-order valence-electron chi connectivity index (χ0n) is 10.3. The van der Waals surface area contributed by atoms with Crippen LogP contribution in [0, 0.1) is 5.92 Å². The lowest BCUT2D eigenvalue weighted by molar-refractivity contribution is -0.135. The first-order chi connectivity index (χ1) is 7.87. The molecular weight excluding hydrogens is 231 g/mol. The third kappa shape index (κ3) is 5.25. The monoisotopic (exact) mass is 253 g/mol. The second-order valence-electron chi connectivity index (χ2n) is 5.27. The molecule has 0 radical (unpaired) electrons. The third-order valence-electron chi connectivity index (χ3n) is 3.67. The van der Waals surface area contributed by atoms with E-state index in [1.807, 2.05) is 0 Å². The van der Waals surface area contributed by atoms with Gasteiger partial charge in [-0.2, -0.15) is 13.2 Å². The Labute approximate surface area is 101 Å². The number of hydrogen-bond acceptors (Lipinski definition) is 2. The highest BCUT2D eigenvalue weighted by atomic mass is 19.4. The Balaban J connectivity index is 2.27. The van der Waals surface area contributed by atoms with Crippen LogP contribution in [-0.4, -0.2) is 30.0 Å². The Hall–Kier alpha value is -0.290. The number of nitrogens with one attached hydrogen (secondary N) is 1. The van der Waals surface area contributed by atoms with E-state index >= 15 is 0 Å². The van der Waals surface area contributed by atoms with Gasteiger partial charge >= 0.3 is 6.18 Å². The number of rotatable bonds is 5. The van der Waals surface area contributed by atoms with Gasteiger partial charge in [-0.15, -0.1) is 0 Å². The summed E-state index contributed by atoms with van der Waals surface area (Å²) in [7, 11) is 0. The molecule has 0 atom stereocenters. The van der Waals surface area contributed by atoms with Gasteiger partial charge in [-0.25, -0.2) is 0 Å². The van der Waals surface area contributed by atoms with Crippen LogP contribution in [0.2, 0.25) is 0 Å². The van der Waals surface area contributed by atoms with Crippen LogP contribution < -0.4 is 5.32 Å². The summed E-state index contributed by atoms with van der Waals surface area (Å²) in [5, 5.41) is 12.5. The highest BCUT2D eigenvalue weighted by Crippen LogP contribution is 2.31. The fraction of sp³-hybridized carbons (Fsp3) is 1.00. The zero-order chi connectivity index (χ0) is 12.9. The Morgan fingerprint density at radius 1 is 1.29 bits per heavy atom. The van der Waals surface area contributed by atoms with Gasteiger partial charge < -0.3 is 10.4 Å². The summed E-state index contributed by atoms with van der Waals surface area (Å²) < 4.78 is 35.9. The number of hydrogen-bond donors (Lipinski definition) is 2. The lowest BCUT2D eigenvalue weighted by atomic mass is 9.77. The van der Waals surface area contributed by atoms with Gasteiger partial charge in [0.15, 0.2) is 0 Å². The molecule has 1 saturated carbocycles. The standard InChI is InChI=1S/C12H22F3NO/c1-10-3-6-11(9-17,7-4-10)16-8-2-5-12(13,14)15/h10,16-17H,2-9H2,1H3. The van der Waals surface area contributed by atoms with Gasteiger partial charge in [0.2, 0.25) is 0 Å². The number of alkyl halides is 3. The summed E-state index contributed by atoms with van der Waals surface area (Å²) in [6, 6.07) is 0. The van der Waals surface area contributed by atoms with Crippen molar-refractivity contribution in [2.45, 2.75) is 57.2 Å². The molecule has 1 aliphatic carbocycles. The minimum absolute atomic E-state index is 0.0196. The van der Waals surface area contributed by atoms with Crippen LogP contribution in [0.15, 0.2) is 0 Å². The molecule has 0 aromatic heterocycles. The normalized spacial score (nSPS) is 30.5. The molecule has 2 N–H and O–H groups in total. The number of aliphatic hydroxyl groups excluding tert-OH is 1. The molecule has 5 heteroatoms. The van der Waals surface area contributed by atoms with Crippen molar-refractivity contribution in [2.24, 2.45) is 5.92 Å². The maximum Gasteiger partial charge on any atom is 0.389 e. The quantitative estimate of drug-likeness (QED) is 0.738. The van der Waals surface area contributed by atoms with Crippen LogP contribution in [0.3, 0.4) is 0 Å². The molecule has 102 valence electrons. The van der Waals surface area contributed by atoms with Crippen LogP contribution >= 0.6 is 0 Å². The fourth-order valence-electron chi connectivity index (χ4n) is 2.35. The smallest absolute Gasteiger partial charge is 0.389 e. The van der Waals surface area contributed by atoms with Crippen molar-refractivity contribution in [2.75, 3.05) is 13.2 Å². The summed E-state index contributed by atoms with van der Waals surface area (Å²) in [4.78, 5) is 0. The molecule has 1 aliphatic rings. The summed E-state index contributed by atoms with van der Waals surface area (Å²) in [6.45, 7) is 2.52. The molecule has 0 saturated heterocycles. The highest BCUT2D eigenvalue weighted by Gasteiger charge is 2.33. The molecule has 1 rings (SSSR count). The molecule has 0 aromatic carbocycles. The molecule has 0 bridgehead atoms. The van der Waals surface area contributed by atoms with Crippen molar-refractivity contribution in [3.05, 3.63) is 0 Å². The van der Waals surface area contributed by atoms with Crippen molar-refractivity contribution in [3.63, 3.8) is 0 Å². The molecule has 0 aromatic rings. The van der Waals surface area contributed by atoms with Gasteiger partial charge in [0.1, 0.15) is 0 Å². The first kappa shape index (κ1) is 14.8. The van der Waals surface area contributed by atoms with Crippen LogP contribution in [0.25, 0.3) is 0 Å². The third-order valence-corrected chi connectivity index (χ3v) is 3.67. The molecule has 0 spiro atoms. The van der Waals surface area contributed by atoms with Gasteiger partial charge in [0.05, 0.1) is 6.61 Å². The predicted octanol–water partition coefficient (Wildman–Crippen LogP) is 2.86. The van der Waals surface area contributed by atoms with Crippen molar-refractivity contribution >= 4 is 0 Å². The minimum Gasteiger partial charge on any atom is -0.394 e. The van der Waals surface area contributed by atoms with Gasteiger partial charge in [-0.1, -0.05) is 6.92 Å². The van der Waals surface area contributed by atoms with E-state index in [1.165, 1.54) is 0 Å². The van der Waals surface area contributed by atoms with Crippen molar-refractivity contribution < 1.29 is 18.3 Å². The van der Waals surface area contributed by atoms with E-state index in [1.54, 1.807) is 0 Å². The largest absolute Gasteiger partial charge is 0.394 e. The average molecular weight is 253 g/mol. The molecule has 0 unspecified atom stereocenters. The maximum atomic E-state index is 12.0. The van der Waals surface area contributed by atoms with Gasteiger partial charge in [-0.3, -0.25) is 0 Å². The summed E-state index contributed by atoms with van der Waals surface area (Å²) in [5.74, 6) is 0.659. The van der Waals surface area contributed by atoms with Crippen molar-refractivity contribution in [3.8, 4) is 0 Å².